The molecule has 0 radical (unpaired) electrons. The summed E-state index contributed by atoms with van der Waals surface area (Å²) in [5.41, 5.74) is 3.89. The van der Waals surface area contributed by atoms with Crippen LogP contribution in [0.4, 0.5) is 0 Å². The average Bonchev–Trinajstić information content (AvgIpc) is 2.89. The Balaban J connectivity index is 1.91. The van der Waals surface area contributed by atoms with Gasteiger partial charge in [0.15, 0.2) is 0 Å². The molecule has 0 aliphatic heterocycles. The van der Waals surface area contributed by atoms with Crippen molar-refractivity contribution in [3.8, 4) is 10.6 Å². The van der Waals surface area contributed by atoms with Crippen molar-refractivity contribution < 1.29 is 0 Å². The number of aromatic nitrogens is 1. The van der Waals surface area contributed by atoms with E-state index in [0.717, 1.165) is 13.0 Å². The van der Waals surface area contributed by atoms with Gasteiger partial charge in [-0.25, -0.2) is 4.98 Å². The van der Waals surface area contributed by atoms with Crippen LogP contribution in [0.3, 0.4) is 0 Å². The minimum Gasteiger partial charge on any atom is -0.309 e. The highest BCUT2D eigenvalue weighted by atomic mass is 32.1. The smallest absolute Gasteiger partial charge is 0.123 e. The molecule has 3 rings (SSSR count). The molecule has 1 aromatic heterocycles. The third kappa shape index (κ3) is 2.79. The van der Waals surface area contributed by atoms with E-state index in [0.29, 0.717) is 6.04 Å². The van der Waals surface area contributed by atoms with Crippen LogP contribution in [0.5, 0.6) is 0 Å². The maximum Gasteiger partial charge on any atom is 0.123 e. The van der Waals surface area contributed by atoms with Crippen LogP contribution in [0.1, 0.15) is 48.4 Å². The first kappa shape index (κ1) is 13.8. The molecule has 1 aliphatic rings. The number of fused-ring (bicyclic) bond motifs is 1. The molecule has 0 saturated carbocycles. The minimum atomic E-state index is 0.523. The molecule has 3 heteroatoms. The fraction of sp³-hybridized carbons (Fsp3) is 0.471. The zero-order valence-electron chi connectivity index (χ0n) is 12.3. The Morgan fingerprint density at radius 2 is 2.30 bits per heavy atom. The number of benzene rings is 1. The molecule has 1 aliphatic carbocycles. The number of nitrogens with zero attached hydrogens (tertiary/aromatic N) is 1. The van der Waals surface area contributed by atoms with E-state index in [1.165, 1.54) is 46.0 Å². The summed E-state index contributed by atoms with van der Waals surface area (Å²) in [6.07, 6.45) is 4.84. The van der Waals surface area contributed by atoms with Crippen molar-refractivity contribution in [3.05, 3.63) is 40.4 Å². The third-order valence-electron chi connectivity index (χ3n) is 3.86. The molecule has 0 bridgehead atoms. The summed E-state index contributed by atoms with van der Waals surface area (Å²) in [6.45, 7) is 5.46. The van der Waals surface area contributed by atoms with E-state index in [9.17, 15) is 0 Å². The lowest BCUT2D eigenvalue weighted by Gasteiger charge is -2.22. The number of thiazole rings is 1. The molecule has 20 heavy (non-hydrogen) atoms. The SMILES string of the molecule is CCCNC1CCCc2nc(-c3cccc(C)c3)sc21. The van der Waals surface area contributed by atoms with Gasteiger partial charge in [0.25, 0.3) is 0 Å². The highest BCUT2D eigenvalue weighted by Crippen LogP contribution is 2.38. The fourth-order valence-corrected chi connectivity index (χ4v) is 4.05. The molecule has 1 atom stereocenters. The second-order valence-corrected chi connectivity index (χ2v) is 6.63. The highest BCUT2D eigenvalue weighted by molar-refractivity contribution is 7.15. The first-order valence-corrected chi connectivity index (χ1v) is 8.39. The number of aryl methyl sites for hydroxylation is 2. The summed E-state index contributed by atoms with van der Waals surface area (Å²) >= 11 is 1.88. The lowest BCUT2D eigenvalue weighted by Crippen LogP contribution is -2.24. The van der Waals surface area contributed by atoms with Crippen LogP contribution in [-0.4, -0.2) is 11.5 Å². The van der Waals surface area contributed by atoms with Gasteiger partial charge in [-0.2, -0.15) is 0 Å². The Morgan fingerprint density at radius 3 is 3.10 bits per heavy atom. The molecule has 0 saturated heterocycles. The Morgan fingerprint density at radius 1 is 1.40 bits per heavy atom. The van der Waals surface area contributed by atoms with Crippen LogP contribution in [-0.2, 0) is 6.42 Å². The van der Waals surface area contributed by atoms with Gasteiger partial charge in [-0.15, -0.1) is 11.3 Å². The topological polar surface area (TPSA) is 24.9 Å². The number of rotatable bonds is 4. The second-order valence-electron chi connectivity index (χ2n) is 5.60. The molecule has 2 aromatic rings. The van der Waals surface area contributed by atoms with Gasteiger partial charge in [0.05, 0.1) is 5.69 Å². The van der Waals surface area contributed by atoms with Crippen LogP contribution < -0.4 is 5.32 Å². The first-order valence-electron chi connectivity index (χ1n) is 7.58. The predicted octanol–water partition coefficient (Wildman–Crippen LogP) is 4.50. The van der Waals surface area contributed by atoms with Crippen molar-refractivity contribution in [1.82, 2.24) is 10.3 Å². The van der Waals surface area contributed by atoms with Crippen LogP contribution in [0.15, 0.2) is 24.3 Å². The molecule has 1 unspecified atom stereocenters. The molecule has 0 spiro atoms. The number of hydrogen-bond acceptors (Lipinski definition) is 3. The third-order valence-corrected chi connectivity index (χ3v) is 5.12. The molecular formula is C17H22N2S. The normalized spacial score (nSPS) is 18.0. The van der Waals surface area contributed by atoms with Crippen molar-refractivity contribution in [2.24, 2.45) is 0 Å². The maximum atomic E-state index is 4.90. The van der Waals surface area contributed by atoms with E-state index in [4.69, 9.17) is 4.98 Å². The van der Waals surface area contributed by atoms with Crippen molar-refractivity contribution in [1.29, 1.82) is 0 Å². The molecule has 1 heterocycles. The van der Waals surface area contributed by atoms with E-state index in [2.05, 4.69) is 43.4 Å². The summed E-state index contributed by atoms with van der Waals surface area (Å²) in [5, 5.41) is 4.86. The quantitative estimate of drug-likeness (QED) is 0.895. The van der Waals surface area contributed by atoms with Crippen LogP contribution in [0.2, 0.25) is 0 Å². The van der Waals surface area contributed by atoms with Crippen molar-refractivity contribution in [2.45, 2.75) is 45.6 Å². The summed E-state index contributed by atoms with van der Waals surface area (Å²) in [6, 6.07) is 9.19. The molecule has 0 amide bonds. The molecule has 2 nitrogen and oxygen atoms in total. The lowest BCUT2D eigenvalue weighted by atomic mass is 9.98. The van der Waals surface area contributed by atoms with Gasteiger partial charge in [0.1, 0.15) is 5.01 Å². The Bertz CT molecular complexity index is 588. The second kappa shape index (κ2) is 6.06. The largest absolute Gasteiger partial charge is 0.309 e. The van der Waals surface area contributed by atoms with Crippen molar-refractivity contribution >= 4 is 11.3 Å². The van der Waals surface area contributed by atoms with Gasteiger partial charge >= 0.3 is 0 Å². The monoisotopic (exact) mass is 286 g/mol. The Hall–Kier alpha value is -1.19. The van der Waals surface area contributed by atoms with Gasteiger partial charge in [0, 0.05) is 16.5 Å². The summed E-state index contributed by atoms with van der Waals surface area (Å²) < 4.78 is 0. The molecular weight excluding hydrogens is 264 g/mol. The van der Waals surface area contributed by atoms with Crippen LogP contribution in [0.25, 0.3) is 10.6 Å². The molecule has 0 fully saturated rings. The van der Waals surface area contributed by atoms with Crippen molar-refractivity contribution in [2.75, 3.05) is 6.54 Å². The first-order chi connectivity index (χ1) is 9.78. The standard InChI is InChI=1S/C17H22N2S/c1-3-10-18-14-8-5-9-15-16(14)20-17(19-15)13-7-4-6-12(2)11-13/h4,6-7,11,14,18H,3,5,8-10H2,1-2H3. The number of nitrogens with one attached hydrogen (secondary N) is 1. The molecule has 1 N–H and O–H groups in total. The van der Waals surface area contributed by atoms with Crippen LogP contribution >= 0.6 is 11.3 Å². The molecule has 1 aromatic carbocycles. The van der Waals surface area contributed by atoms with Gasteiger partial charge in [0.2, 0.25) is 0 Å². The van der Waals surface area contributed by atoms with Gasteiger partial charge in [-0.1, -0.05) is 30.7 Å². The summed E-state index contributed by atoms with van der Waals surface area (Å²) in [5.74, 6) is 0. The summed E-state index contributed by atoms with van der Waals surface area (Å²) in [7, 11) is 0. The highest BCUT2D eigenvalue weighted by Gasteiger charge is 2.24. The van der Waals surface area contributed by atoms with Gasteiger partial charge in [-0.3, -0.25) is 0 Å². The number of hydrogen-bond donors (Lipinski definition) is 1. The predicted molar refractivity (Wildman–Crippen MR) is 86.3 cm³/mol. The van der Waals surface area contributed by atoms with Gasteiger partial charge in [-0.05, 0) is 45.2 Å². The average molecular weight is 286 g/mol. The van der Waals surface area contributed by atoms with Crippen molar-refractivity contribution in [3.63, 3.8) is 0 Å². The zero-order valence-corrected chi connectivity index (χ0v) is 13.1. The van der Waals surface area contributed by atoms with E-state index >= 15 is 0 Å². The maximum absolute atomic E-state index is 4.90. The minimum absolute atomic E-state index is 0.523. The van der Waals surface area contributed by atoms with E-state index in [1.807, 2.05) is 11.3 Å². The fourth-order valence-electron chi connectivity index (χ4n) is 2.83. The van der Waals surface area contributed by atoms with E-state index < -0.39 is 0 Å². The lowest BCUT2D eigenvalue weighted by molar-refractivity contribution is 0.465. The van der Waals surface area contributed by atoms with E-state index in [-0.39, 0.29) is 0 Å². The zero-order chi connectivity index (χ0) is 13.9. The Kier molecular flexibility index (Phi) is 4.18. The molecule has 106 valence electrons. The Labute approximate surface area is 125 Å². The summed E-state index contributed by atoms with van der Waals surface area (Å²) in [4.78, 5) is 6.37. The van der Waals surface area contributed by atoms with E-state index in [1.54, 1.807) is 0 Å². The van der Waals surface area contributed by atoms with Gasteiger partial charge < -0.3 is 5.32 Å². The van der Waals surface area contributed by atoms with Crippen LogP contribution in [0, 0.1) is 6.92 Å².